The van der Waals surface area contributed by atoms with E-state index in [-0.39, 0.29) is 13.4 Å². The fourth-order valence-corrected chi connectivity index (χ4v) is 16.4. The maximum absolute atomic E-state index is 7.88. The number of para-hydroxylation sites is 10. The number of nitrogens with zero attached hydrogens (tertiary/aromatic N) is 6. The standard InChI is InChI=1S/C84H56B2N6OS/c1-9-29-57(30-10-1)87(58-31-11-2-12-32-58)65-49-76-83-77(50-65)92(64-43-23-8-24-44-64)74-56-79-70(53-68(74)85(83)67-45-25-26-46-71(67)89(76)61-37-17-5-18-38-61)86-69-54-82-75(90(62-39-19-6-20-40-62)72-47-27-28-48-81(72)94-82)55-73(69)91(63-41-21-7-22-42-63)78-51-66(52-80(93-79)84(78)86)88(59-33-13-3-14-34-59)60-35-15-4-16-36-60/h1-56H. The number of fused-ring (bicyclic) bond motifs is 10. The second kappa shape index (κ2) is 21.9. The first kappa shape index (κ1) is 53.9. The lowest BCUT2D eigenvalue weighted by atomic mass is 9.30. The van der Waals surface area contributed by atoms with Crippen molar-refractivity contribution in [2.24, 2.45) is 0 Å². The lowest BCUT2D eigenvalue weighted by Gasteiger charge is -2.46. The number of hydrogen-bond donors (Lipinski definition) is 0. The van der Waals surface area contributed by atoms with Crippen molar-refractivity contribution in [3.63, 3.8) is 0 Å². The van der Waals surface area contributed by atoms with Crippen LogP contribution in [-0.2, 0) is 0 Å². The Kier molecular flexibility index (Phi) is 12.6. The summed E-state index contributed by atoms with van der Waals surface area (Å²) in [7, 11) is 0. The van der Waals surface area contributed by atoms with Gasteiger partial charge in [0.2, 0.25) is 0 Å². The first-order valence-corrected chi connectivity index (χ1v) is 32.9. The van der Waals surface area contributed by atoms with Gasteiger partial charge in [0.1, 0.15) is 11.5 Å². The molecule has 14 aromatic rings. The summed E-state index contributed by atoms with van der Waals surface area (Å²) in [5, 5.41) is 0. The van der Waals surface area contributed by atoms with Gasteiger partial charge >= 0.3 is 0 Å². The molecule has 0 atom stereocenters. The second-order valence-electron chi connectivity index (χ2n) is 24.4. The van der Waals surface area contributed by atoms with Crippen LogP contribution in [0, 0.1) is 0 Å². The van der Waals surface area contributed by atoms with Crippen molar-refractivity contribution in [3.05, 3.63) is 340 Å². The van der Waals surface area contributed by atoms with Crippen LogP contribution in [0.4, 0.5) is 102 Å². The fraction of sp³-hybridized carbons (Fsp3) is 0. The largest absolute Gasteiger partial charge is 0.458 e. The molecule has 440 valence electrons. The third kappa shape index (κ3) is 8.57. The molecular formula is C84H56B2N6OS. The van der Waals surface area contributed by atoms with E-state index >= 15 is 0 Å². The predicted octanol–water partition coefficient (Wildman–Crippen LogP) is 19.0. The van der Waals surface area contributed by atoms with Gasteiger partial charge < -0.3 is 34.1 Å². The molecule has 5 aliphatic heterocycles. The number of hydrogen-bond acceptors (Lipinski definition) is 8. The van der Waals surface area contributed by atoms with Crippen LogP contribution in [0.25, 0.3) is 0 Å². The Morgan fingerprint density at radius 1 is 0.234 bits per heavy atom. The van der Waals surface area contributed by atoms with E-state index in [4.69, 9.17) is 4.74 Å². The van der Waals surface area contributed by atoms with Crippen LogP contribution in [0.3, 0.4) is 0 Å². The van der Waals surface area contributed by atoms with Gasteiger partial charge in [-0.15, -0.1) is 0 Å². The zero-order valence-corrected chi connectivity index (χ0v) is 51.8. The van der Waals surface area contributed by atoms with Crippen molar-refractivity contribution in [3.8, 4) is 11.5 Å². The van der Waals surface area contributed by atoms with Crippen molar-refractivity contribution < 1.29 is 4.74 Å². The number of ether oxygens (including phenoxy) is 1. The molecule has 14 aromatic carbocycles. The molecule has 7 nitrogen and oxygen atoms in total. The van der Waals surface area contributed by atoms with Gasteiger partial charge in [-0.05, 0) is 178 Å². The van der Waals surface area contributed by atoms with Crippen LogP contribution in [0.15, 0.2) is 350 Å². The Hall–Kier alpha value is -11.8. The minimum Gasteiger partial charge on any atom is -0.458 e. The lowest BCUT2D eigenvalue weighted by Crippen LogP contribution is -2.64. The molecule has 5 heterocycles. The number of anilines is 18. The monoisotopic (exact) mass is 1220 g/mol. The average Bonchev–Trinajstić information content (AvgIpc) is 0.691. The summed E-state index contributed by atoms with van der Waals surface area (Å²) in [5.74, 6) is 1.63. The van der Waals surface area contributed by atoms with Gasteiger partial charge in [-0.1, -0.05) is 194 Å². The van der Waals surface area contributed by atoms with Crippen molar-refractivity contribution in [1.82, 2.24) is 0 Å². The van der Waals surface area contributed by atoms with E-state index < -0.39 is 0 Å². The van der Waals surface area contributed by atoms with Crippen LogP contribution in [0.5, 0.6) is 11.5 Å². The molecule has 0 fully saturated rings. The third-order valence-corrected chi connectivity index (χ3v) is 20.2. The van der Waals surface area contributed by atoms with E-state index in [0.717, 1.165) is 125 Å². The van der Waals surface area contributed by atoms with Crippen LogP contribution >= 0.6 is 11.8 Å². The molecule has 0 aromatic heterocycles. The van der Waals surface area contributed by atoms with Crippen LogP contribution in [0.1, 0.15) is 0 Å². The van der Waals surface area contributed by atoms with Gasteiger partial charge in [0.15, 0.2) is 0 Å². The summed E-state index contributed by atoms with van der Waals surface area (Å²) < 4.78 is 7.88. The highest BCUT2D eigenvalue weighted by atomic mass is 32.2. The van der Waals surface area contributed by atoms with Gasteiger partial charge in [0.25, 0.3) is 13.4 Å². The summed E-state index contributed by atoms with van der Waals surface area (Å²) in [6, 6.07) is 124. The van der Waals surface area contributed by atoms with Gasteiger partial charge in [0, 0.05) is 102 Å². The highest BCUT2D eigenvalue weighted by Gasteiger charge is 2.49. The molecule has 0 unspecified atom stereocenters. The van der Waals surface area contributed by atoms with E-state index in [1.54, 1.807) is 0 Å². The first-order chi connectivity index (χ1) is 46.7. The second-order valence-corrected chi connectivity index (χ2v) is 25.5. The van der Waals surface area contributed by atoms with E-state index in [9.17, 15) is 0 Å². The van der Waals surface area contributed by atoms with Crippen LogP contribution < -0.4 is 66.9 Å². The van der Waals surface area contributed by atoms with Gasteiger partial charge in [-0.25, -0.2) is 0 Å². The zero-order chi connectivity index (χ0) is 61.8. The molecule has 19 rings (SSSR count). The van der Waals surface area contributed by atoms with Gasteiger partial charge in [-0.3, -0.25) is 0 Å². The SMILES string of the molecule is c1ccc(N(c2ccccc2)c2cc3c4c(c2)N(c2ccccc2)c2cc5c(cc2B4c2cc4c(cc2O3)N(c2ccccc2)c2cc(N(c3ccccc3)c3ccccc3)cc3c2B4c2ccccc2N3c2ccccc2)Sc2ccccc2N5c2ccccc2)cc1. The Morgan fingerprint density at radius 3 is 1.11 bits per heavy atom. The maximum Gasteiger partial charge on any atom is 0.256 e. The van der Waals surface area contributed by atoms with Gasteiger partial charge in [0.05, 0.1) is 22.7 Å². The summed E-state index contributed by atoms with van der Waals surface area (Å²) >= 11 is 1.85. The van der Waals surface area contributed by atoms with Crippen molar-refractivity contribution in [1.29, 1.82) is 0 Å². The topological polar surface area (TPSA) is 28.7 Å². The quantitative estimate of drug-likeness (QED) is 0.125. The lowest BCUT2D eigenvalue weighted by molar-refractivity contribution is 0.488. The third-order valence-electron chi connectivity index (χ3n) is 19.1. The summed E-state index contributed by atoms with van der Waals surface area (Å²) in [6.45, 7) is -0.457. The van der Waals surface area contributed by atoms with Crippen molar-refractivity contribution in [2.75, 3.05) is 29.4 Å². The predicted molar refractivity (Wildman–Crippen MR) is 394 cm³/mol. The summed E-state index contributed by atoms with van der Waals surface area (Å²) in [4.78, 5) is 17.1. The normalized spacial score (nSPS) is 13.2. The molecule has 5 aliphatic rings. The van der Waals surface area contributed by atoms with Gasteiger partial charge in [-0.2, -0.15) is 0 Å². The summed E-state index contributed by atoms with van der Waals surface area (Å²) in [6.07, 6.45) is 0. The molecule has 0 bridgehead atoms. The van der Waals surface area contributed by atoms with E-state index in [1.165, 1.54) is 31.6 Å². The minimum absolute atomic E-state index is 0.190. The van der Waals surface area contributed by atoms with Crippen LogP contribution in [-0.4, -0.2) is 13.4 Å². The smallest absolute Gasteiger partial charge is 0.256 e. The molecule has 0 aliphatic carbocycles. The molecule has 10 heteroatoms. The number of benzene rings is 14. The highest BCUT2D eigenvalue weighted by Crippen LogP contribution is 2.56. The molecule has 94 heavy (non-hydrogen) atoms. The molecule has 0 N–H and O–H groups in total. The Bertz CT molecular complexity index is 5170. The maximum atomic E-state index is 7.88. The van der Waals surface area contributed by atoms with E-state index in [2.05, 4.69) is 369 Å². The Labute approximate surface area is 552 Å². The Morgan fingerprint density at radius 2 is 0.606 bits per heavy atom. The molecule has 0 saturated heterocycles. The molecule has 0 amide bonds. The summed E-state index contributed by atoms with van der Waals surface area (Å²) in [5.41, 5.74) is 26.5. The van der Waals surface area contributed by atoms with E-state index in [1.807, 2.05) is 11.8 Å². The zero-order valence-electron chi connectivity index (χ0n) is 51.0. The molecule has 0 saturated carbocycles. The number of rotatable bonds is 10. The highest BCUT2D eigenvalue weighted by molar-refractivity contribution is 7.99. The first-order valence-electron chi connectivity index (χ1n) is 32.1. The minimum atomic E-state index is -0.267. The van der Waals surface area contributed by atoms with Crippen LogP contribution in [0.2, 0.25) is 0 Å². The molecule has 0 spiro atoms. The molecule has 0 radical (unpaired) electrons. The van der Waals surface area contributed by atoms with Crippen molar-refractivity contribution >= 4 is 160 Å². The average molecular weight is 1220 g/mol. The van der Waals surface area contributed by atoms with E-state index in [0.29, 0.717) is 0 Å². The molecular weight excluding hydrogens is 1160 g/mol. The van der Waals surface area contributed by atoms with Crippen molar-refractivity contribution in [2.45, 2.75) is 9.79 Å². The fourth-order valence-electron chi connectivity index (χ4n) is 15.3. The Balaban J connectivity index is 0.910.